The van der Waals surface area contributed by atoms with Crippen molar-refractivity contribution in [2.24, 2.45) is 0 Å². The summed E-state index contributed by atoms with van der Waals surface area (Å²) in [6.07, 6.45) is 1.30. The van der Waals surface area contributed by atoms with Crippen LogP contribution in [0.3, 0.4) is 0 Å². The smallest absolute Gasteiger partial charge is 0.0107 e. The van der Waals surface area contributed by atoms with E-state index in [-0.39, 0.29) is 0 Å². The first-order valence-electron chi connectivity index (χ1n) is 6.45. The van der Waals surface area contributed by atoms with Crippen LogP contribution >= 0.6 is 0 Å². The molecule has 0 aromatic carbocycles. The lowest BCUT2D eigenvalue weighted by atomic mass is 10.3. The summed E-state index contributed by atoms with van der Waals surface area (Å²) in [7, 11) is 6.49. The molecule has 0 spiro atoms. The second kappa shape index (κ2) is 8.01. The van der Waals surface area contributed by atoms with Crippen molar-refractivity contribution >= 4 is 0 Å². The van der Waals surface area contributed by atoms with E-state index in [0.717, 1.165) is 19.6 Å². The summed E-state index contributed by atoms with van der Waals surface area (Å²) in [4.78, 5) is 7.24. The number of nitrogens with zero attached hydrogens (tertiary/aromatic N) is 3. The van der Waals surface area contributed by atoms with Gasteiger partial charge in [-0.15, -0.1) is 0 Å². The third-order valence-corrected chi connectivity index (χ3v) is 3.15. The van der Waals surface area contributed by atoms with Gasteiger partial charge in [-0.1, -0.05) is 0 Å². The molecule has 4 nitrogen and oxygen atoms in total. The zero-order valence-electron chi connectivity index (χ0n) is 11.2. The molecule has 0 unspecified atom stereocenters. The van der Waals surface area contributed by atoms with E-state index in [1.165, 1.54) is 39.1 Å². The highest BCUT2D eigenvalue weighted by molar-refractivity contribution is 4.67. The van der Waals surface area contributed by atoms with E-state index in [1.807, 2.05) is 0 Å². The Morgan fingerprint density at radius 3 is 2.31 bits per heavy atom. The van der Waals surface area contributed by atoms with Gasteiger partial charge in [0.2, 0.25) is 0 Å². The van der Waals surface area contributed by atoms with Gasteiger partial charge in [0, 0.05) is 39.3 Å². The molecule has 1 aliphatic rings. The summed E-state index contributed by atoms with van der Waals surface area (Å²) in [5.74, 6) is 0. The van der Waals surface area contributed by atoms with Crippen LogP contribution in [0.2, 0.25) is 0 Å². The standard InChI is InChI=1S/C12H28N4/c1-14(2)11-12-15(3)7-4-8-16-9-5-13-6-10-16/h13H,4-12H2,1-3H3. The summed E-state index contributed by atoms with van der Waals surface area (Å²) < 4.78 is 0. The molecule has 1 rings (SSSR count). The van der Waals surface area contributed by atoms with Gasteiger partial charge in [0.25, 0.3) is 0 Å². The van der Waals surface area contributed by atoms with Gasteiger partial charge in [0.15, 0.2) is 0 Å². The molecular formula is C12H28N4. The van der Waals surface area contributed by atoms with Crippen molar-refractivity contribution in [2.45, 2.75) is 6.42 Å². The molecule has 16 heavy (non-hydrogen) atoms. The van der Waals surface area contributed by atoms with Gasteiger partial charge in [0.05, 0.1) is 0 Å². The molecule has 1 aliphatic heterocycles. The molecule has 0 amide bonds. The van der Waals surface area contributed by atoms with Crippen molar-refractivity contribution in [1.82, 2.24) is 20.0 Å². The summed E-state index contributed by atoms with van der Waals surface area (Å²) in [5.41, 5.74) is 0. The Morgan fingerprint density at radius 1 is 1.00 bits per heavy atom. The highest BCUT2D eigenvalue weighted by Crippen LogP contribution is 1.96. The van der Waals surface area contributed by atoms with Crippen LogP contribution < -0.4 is 5.32 Å². The predicted octanol–water partition coefficient (Wildman–Crippen LogP) is -0.225. The summed E-state index contributed by atoms with van der Waals surface area (Å²) in [5, 5.41) is 3.39. The predicted molar refractivity (Wildman–Crippen MR) is 70.0 cm³/mol. The van der Waals surface area contributed by atoms with Gasteiger partial charge in [-0.2, -0.15) is 0 Å². The van der Waals surface area contributed by atoms with Crippen molar-refractivity contribution in [3.8, 4) is 0 Å². The second-order valence-corrected chi connectivity index (χ2v) is 5.05. The summed E-state index contributed by atoms with van der Waals surface area (Å²) in [6, 6.07) is 0. The van der Waals surface area contributed by atoms with Gasteiger partial charge < -0.3 is 20.0 Å². The van der Waals surface area contributed by atoms with Gasteiger partial charge in [-0.25, -0.2) is 0 Å². The maximum absolute atomic E-state index is 3.39. The third kappa shape index (κ3) is 6.43. The molecule has 0 aliphatic carbocycles. The average molecular weight is 228 g/mol. The Balaban J connectivity index is 1.96. The Morgan fingerprint density at radius 2 is 1.69 bits per heavy atom. The topological polar surface area (TPSA) is 21.8 Å². The average Bonchev–Trinajstić information content (AvgIpc) is 2.28. The van der Waals surface area contributed by atoms with Crippen molar-refractivity contribution in [1.29, 1.82) is 0 Å². The van der Waals surface area contributed by atoms with Crippen LogP contribution in [0.4, 0.5) is 0 Å². The van der Waals surface area contributed by atoms with Crippen LogP contribution in [0.15, 0.2) is 0 Å². The molecule has 0 aromatic rings. The molecule has 0 radical (unpaired) electrons. The Kier molecular flexibility index (Phi) is 6.96. The number of hydrogen-bond donors (Lipinski definition) is 1. The van der Waals surface area contributed by atoms with Crippen LogP contribution in [0.5, 0.6) is 0 Å². The number of likely N-dealkylation sites (N-methyl/N-ethyl adjacent to an activating group) is 2. The normalized spacial score (nSPS) is 18.6. The van der Waals surface area contributed by atoms with Crippen LogP contribution in [-0.2, 0) is 0 Å². The van der Waals surface area contributed by atoms with E-state index < -0.39 is 0 Å². The Hall–Kier alpha value is -0.160. The number of nitrogens with one attached hydrogen (secondary N) is 1. The number of hydrogen-bond acceptors (Lipinski definition) is 4. The van der Waals surface area contributed by atoms with Crippen LogP contribution in [0.1, 0.15) is 6.42 Å². The first-order chi connectivity index (χ1) is 7.68. The van der Waals surface area contributed by atoms with E-state index in [2.05, 4.69) is 41.2 Å². The third-order valence-electron chi connectivity index (χ3n) is 3.15. The first kappa shape index (κ1) is 13.9. The zero-order chi connectivity index (χ0) is 11.8. The molecular weight excluding hydrogens is 200 g/mol. The van der Waals surface area contributed by atoms with E-state index in [4.69, 9.17) is 0 Å². The quantitative estimate of drug-likeness (QED) is 0.650. The minimum atomic E-state index is 1.16. The Labute approximate surface area is 101 Å². The van der Waals surface area contributed by atoms with Crippen molar-refractivity contribution in [2.75, 3.05) is 73.5 Å². The lowest BCUT2D eigenvalue weighted by Gasteiger charge is -2.28. The zero-order valence-corrected chi connectivity index (χ0v) is 11.2. The molecule has 96 valence electrons. The first-order valence-corrected chi connectivity index (χ1v) is 6.45. The minimum absolute atomic E-state index is 1.16. The summed E-state index contributed by atoms with van der Waals surface area (Å²) in [6.45, 7) is 9.58. The van der Waals surface area contributed by atoms with E-state index in [9.17, 15) is 0 Å². The maximum Gasteiger partial charge on any atom is 0.0107 e. The molecule has 0 bridgehead atoms. The molecule has 4 heteroatoms. The summed E-state index contributed by atoms with van der Waals surface area (Å²) >= 11 is 0. The van der Waals surface area contributed by atoms with Crippen molar-refractivity contribution < 1.29 is 0 Å². The molecule has 1 N–H and O–H groups in total. The molecule has 1 heterocycles. The number of rotatable bonds is 7. The lowest BCUT2D eigenvalue weighted by Crippen LogP contribution is -2.44. The second-order valence-electron chi connectivity index (χ2n) is 5.05. The van der Waals surface area contributed by atoms with E-state index in [0.29, 0.717) is 0 Å². The molecule has 0 atom stereocenters. The molecule has 1 saturated heterocycles. The molecule has 1 fully saturated rings. The highest BCUT2D eigenvalue weighted by atomic mass is 15.2. The molecule has 0 saturated carbocycles. The highest BCUT2D eigenvalue weighted by Gasteiger charge is 2.08. The maximum atomic E-state index is 3.39. The van der Waals surface area contributed by atoms with E-state index in [1.54, 1.807) is 0 Å². The fraction of sp³-hybridized carbons (Fsp3) is 1.00. The Bertz CT molecular complexity index is 166. The molecule has 0 aromatic heterocycles. The fourth-order valence-electron chi connectivity index (χ4n) is 1.98. The number of piperazine rings is 1. The van der Waals surface area contributed by atoms with Gasteiger partial charge in [-0.05, 0) is 40.7 Å². The minimum Gasteiger partial charge on any atom is -0.314 e. The monoisotopic (exact) mass is 228 g/mol. The lowest BCUT2D eigenvalue weighted by molar-refractivity contribution is 0.216. The van der Waals surface area contributed by atoms with Gasteiger partial charge >= 0.3 is 0 Å². The van der Waals surface area contributed by atoms with Gasteiger partial charge in [-0.3, -0.25) is 0 Å². The van der Waals surface area contributed by atoms with Crippen molar-refractivity contribution in [3.63, 3.8) is 0 Å². The van der Waals surface area contributed by atoms with E-state index >= 15 is 0 Å². The van der Waals surface area contributed by atoms with Crippen LogP contribution in [0.25, 0.3) is 0 Å². The largest absolute Gasteiger partial charge is 0.314 e. The fourth-order valence-corrected chi connectivity index (χ4v) is 1.98. The van der Waals surface area contributed by atoms with Crippen LogP contribution in [-0.4, -0.2) is 88.2 Å². The van der Waals surface area contributed by atoms with Crippen LogP contribution in [0, 0.1) is 0 Å². The van der Waals surface area contributed by atoms with Crippen molar-refractivity contribution in [3.05, 3.63) is 0 Å². The van der Waals surface area contributed by atoms with Gasteiger partial charge in [0.1, 0.15) is 0 Å². The SMILES string of the molecule is CN(C)CCN(C)CCCN1CCNCC1.